The van der Waals surface area contributed by atoms with Gasteiger partial charge < -0.3 is 9.84 Å². The fourth-order valence-electron chi connectivity index (χ4n) is 1.97. The first-order valence-electron chi connectivity index (χ1n) is 5.44. The minimum atomic E-state index is -0.895. The van der Waals surface area contributed by atoms with Crippen LogP contribution in [0, 0.1) is 0 Å². The fourth-order valence-corrected chi connectivity index (χ4v) is 2.24. The Hall–Kier alpha value is -1.07. The zero-order chi connectivity index (χ0) is 12.4. The molecule has 0 spiro atoms. The lowest BCUT2D eigenvalue weighted by atomic mass is 10.0. The Morgan fingerprint density at radius 2 is 2.12 bits per heavy atom. The monoisotopic (exact) mass is 299 g/mol. The molecule has 1 aliphatic rings. The summed E-state index contributed by atoms with van der Waals surface area (Å²) in [4.78, 5) is 12.7. The Balaban J connectivity index is 2.23. The van der Waals surface area contributed by atoms with Crippen LogP contribution in [0.15, 0.2) is 28.7 Å². The molecule has 1 aromatic rings. The summed E-state index contributed by atoms with van der Waals surface area (Å²) >= 11 is 3.36. The standard InChI is InChI=1S/C12H14BrNO3/c1-8-6-14(12(15)16)11(7-17-8)9-2-4-10(13)5-3-9/h2-5,8,11H,6-7H2,1H3,(H,15,16)/t8-,11-/m0/s1. The largest absolute Gasteiger partial charge is 0.465 e. The summed E-state index contributed by atoms with van der Waals surface area (Å²) in [6.45, 7) is 2.71. The number of morpholine rings is 1. The Kier molecular flexibility index (Phi) is 3.69. The third-order valence-electron chi connectivity index (χ3n) is 2.87. The molecule has 0 aliphatic carbocycles. The van der Waals surface area contributed by atoms with E-state index in [0.717, 1.165) is 10.0 Å². The molecule has 2 atom stereocenters. The average molecular weight is 300 g/mol. The van der Waals surface area contributed by atoms with E-state index in [1.54, 1.807) is 0 Å². The first-order valence-corrected chi connectivity index (χ1v) is 6.24. The second-order valence-corrected chi connectivity index (χ2v) is 5.06. The van der Waals surface area contributed by atoms with Crippen LogP contribution in [0.5, 0.6) is 0 Å². The molecule has 0 aromatic heterocycles. The second-order valence-electron chi connectivity index (χ2n) is 4.15. The van der Waals surface area contributed by atoms with Crippen molar-refractivity contribution < 1.29 is 14.6 Å². The van der Waals surface area contributed by atoms with E-state index in [1.807, 2.05) is 31.2 Å². The van der Waals surface area contributed by atoms with Crippen LogP contribution >= 0.6 is 15.9 Å². The van der Waals surface area contributed by atoms with Crippen molar-refractivity contribution in [3.8, 4) is 0 Å². The normalized spacial score (nSPS) is 24.7. The van der Waals surface area contributed by atoms with Crippen LogP contribution < -0.4 is 0 Å². The van der Waals surface area contributed by atoms with Gasteiger partial charge in [-0.1, -0.05) is 28.1 Å². The minimum Gasteiger partial charge on any atom is -0.465 e. The number of amides is 1. The van der Waals surface area contributed by atoms with Gasteiger partial charge in [-0.25, -0.2) is 4.79 Å². The molecule has 1 amide bonds. The number of carbonyl (C=O) groups is 1. The van der Waals surface area contributed by atoms with Gasteiger partial charge in [-0.05, 0) is 24.6 Å². The molecule has 17 heavy (non-hydrogen) atoms. The summed E-state index contributed by atoms with van der Waals surface area (Å²) in [6.07, 6.45) is -0.939. The van der Waals surface area contributed by atoms with Crippen LogP contribution in [0.4, 0.5) is 4.79 Å². The number of hydrogen-bond donors (Lipinski definition) is 1. The van der Waals surface area contributed by atoms with Crippen LogP contribution in [-0.4, -0.2) is 35.4 Å². The number of halogens is 1. The van der Waals surface area contributed by atoms with Crippen LogP contribution in [0.2, 0.25) is 0 Å². The van der Waals surface area contributed by atoms with E-state index >= 15 is 0 Å². The SMILES string of the molecule is C[C@H]1CN(C(=O)O)[C@H](c2ccc(Br)cc2)CO1. The topological polar surface area (TPSA) is 49.8 Å². The van der Waals surface area contributed by atoms with Gasteiger partial charge in [0.05, 0.1) is 25.3 Å². The van der Waals surface area contributed by atoms with Gasteiger partial charge in [0.25, 0.3) is 0 Å². The molecule has 0 unspecified atom stereocenters. The van der Waals surface area contributed by atoms with E-state index in [0.29, 0.717) is 13.2 Å². The maximum atomic E-state index is 11.2. The summed E-state index contributed by atoms with van der Waals surface area (Å²) in [5, 5.41) is 9.20. The van der Waals surface area contributed by atoms with Gasteiger partial charge in [-0.2, -0.15) is 0 Å². The predicted octanol–water partition coefficient (Wildman–Crippen LogP) is 2.89. The van der Waals surface area contributed by atoms with Crippen LogP contribution in [-0.2, 0) is 4.74 Å². The molecule has 1 heterocycles. The third kappa shape index (κ3) is 2.79. The maximum absolute atomic E-state index is 11.2. The van der Waals surface area contributed by atoms with Gasteiger partial charge in [0.2, 0.25) is 0 Å². The molecule has 1 aliphatic heterocycles. The molecule has 0 radical (unpaired) electrons. The Bertz CT molecular complexity index is 407. The first kappa shape index (κ1) is 12.4. The smallest absolute Gasteiger partial charge is 0.407 e. The Labute approximate surface area is 108 Å². The lowest BCUT2D eigenvalue weighted by Crippen LogP contribution is -2.46. The van der Waals surface area contributed by atoms with Crippen molar-refractivity contribution in [1.29, 1.82) is 0 Å². The predicted molar refractivity (Wildman–Crippen MR) is 67.0 cm³/mol. The van der Waals surface area contributed by atoms with Crippen molar-refractivity contribution >= 4 is 22.0 Å². The number of ether oxygens (including phenoxy) is 1. The summed E-state index contributed by atoms with van der Waals surface area (Å²) in [5.41, 5.74) is 0.961. The van der Waals surface area contributed by atoms with Gasteiger partial charge in [-0.3, -0.25) is 4.90 Å². The van der Waals surface area contributed by atoms with E-state index in [1.165, 1.54) is 4.90 Å². The molecule has 0 saturated carbocycles. The Morgan fingerprint density at radius 1 is 1.47 bits per heavy atom. The summed E-state index contributed by atoms with van der Waals surface area (Å²) in [6, 6.07) is 7.45. The van der Waals surface area contributed by atoms with E-state index in [2.05, 4.69) is 15.9 Å². The van der Waals surface area contributed by atoms with Crippen LogP contribution in [0.1, 0.15) is 18.5 Å². The summed E-state index contributed by atoms with van der Waals surface area (Å²) < 4.78 is 6.52. The van der Waals surface area contributed by atoms with E-state index in [9.17, 15) is 9.90 Å². The molecule has 4 nitrogen and oxygen atoms in total. The quantitative estimate of drug-likeness (QED) is 0.867. The highest BCUT2D eigenvalue weighted by atomic mass is 79.9. The van der Waals surface area contributed by atoms with Crippen LogP contribution in [0.3, 0.4) is 0 Å². The lowest BCUT2D eigenvalue weighted by Gasteiger charge is -2.37. The molecule has 1 aromatic carbocycles. The molecule has 1 fully saturated rings. The second kappa shape index (κ2) is 5.06. The van der Waals surface area contributed by atoms with Gasteiger partial charge in [-0.15, -0.1) is 0 Å². The number of carboxylic acid groups (broad SMARTS) is 1. The Morgan fingerprint density at radius 3 is 2.71 bits per heavy atom. The van der Waals surface area contributed by atoms with Crippen molar-refractivity contribution in [3.63, 3.8) is 0 Å². The van der Waals surface area contributed by atoms with Gasteiger partial charge in [0.1, 0.15) is 0 Å². The number of hydrogen-bond acceptors (Lipinski definition) is 2. The minimum absolute atomic E-state index is 0.0437. The highest BCUT2D eigenvalue weighted by Crippen LogP contribution is 2.27. The van der Waals surface area contributed by atoms with Crippen molar-refractivity contribution in [2.75, 3.05) is 13.2 Å². The molecule has 5 heteroatoms. The maximum Gasteiger partial charge on any atom is 0.407 e. The summed E-state index contributed by atoms with van der Waals surface area (Å²) in [5.74, 6) is 0. The molecular weight excluding hydrogens is 286 g/mol. The number of benzene rings is 1. The summed E-state index contributed by atoms with van der Waals surface area (Å²) in [7, 11) is 0. The van der Waals surface area contributed by atoms with Gasteiger partial charge in [0.15, 0.2) is 0 Å². The molecule has 1 N–H and O–H groups in total. The van der Waals surface area contributed by atoms with E-state index in [-0.39, 0.29) is 12.1 Å². The molecular formula is C12H14BrNO3. The molecule has 92 valence electrons. The van der Waals surface area contributed by atoms with Crippen molar-refractivity contribution in [3.05, 3.63) is 34.3 Å². The zero-order valence-electron chi connectivity index (χ0n) is 9.47. The number of rotatable bonds is 1. The molecule has 2 rings (SSSR count). The van der Waals surface area contributed by atoms with Gasteiger partial charge in [0, 0.05) is 4.47 Å². The van der Waals surface area contributed by atoms with E-state index in [4.69, 9.17) is 4.74 Å². The van der Waals surface area contributed by atoms with Crippen LogP contribution in [0.25, 0.3) is 0 Å². The third-order valence-corrected chi connectivity index (χ3v) is 3.40. The molecule has 0 bridgehead atoms. The zero-order valence-corrected chi connectivity index (χ0v) is 11.1. The average Bonchev–Trinajstić information content (AvgIpc) is 2.30. The van der Waals surface area contributed by atoms with E-state index < -0.39 is 6.09 Å². The van der Waals surface area contributed by atoms with Crippen molar-refractivity contribution in [1.82, 2.24) is 4.90 Å². The van der Waals surface area contributed by atoms with Crippen molar-refractivity contribution in [2.24, 2.45) is 0 Å². The van der Waals surface area contributed by atoms with Gasteiger partial charge >= 0.3 is 6.09 Å². The fraction of sp³-hybridized carbons (Fsp3) is 0.417. The highest BCUT2D eigenvalue weighted by molar-refractivity contribution is 9.10. The highest BCUT2D eigenvalue weighted by Gasteiger charge is 2.31. The van der Waals surface area contributed by atoms with Crippen molar-refractivity contribution in [2.45, 2.75) is 19.1 Å². The first-order chi connectivity index (χ1) is 8.08. The number of nitrogens with zero attached hydrogens (tertiary/aromatic N) is 1. The lowest BCUT2D eigenvalue weighted by molar-refractivity contribution is -0.0465. The molecule has 1 saturated heterocycles.